The maximum atomic E-state index is 12.2. The van der Waals surface area contributed by atoms with Crippen molar-refractivity contribution in [3.8, 4) is 11.6 Å². The number of alkyl halides is 3. The highest BCUT2D eigenvalue weighted by molar-refractivity contribution is 9.10. The molecule has 2 heterocycles. The van der Waals surface area contributed by atoms with Crippen LogP contribution in [-0.2, 0) is 6.18 Å². The van der Waals surface area contributed by atoms with E-state index in [0.717, 1.165) is 6.07 Å². The van der Waals surface area contributed by atoms with Gasteiger partial charge in [-0.3, -0.25) is 4.98 Å². The van der Waals surface area contributed by atoms with Crippen LogP contribution in [0.3, 0.4) is 0 Å². The summed E-state index contributed by atoms with van der Waals surface area (Å²) in [5, 5.41) is 3.43. The predicted molar refractivity (Wildman–Crippen MR) is 50.2 cm³/mol. The normalized spacial score (nSPS) is 11.8. The highest BCUT2D eigenvalue weighted by Gasteiger charge is 2.30. The number of pyridine rings is 1. The van der Waals surface area contributed by atoms with E-state index in [9.17, 15) is 13.2 Å². The first kappa shape index (κ1) is 11.1. The van der Waals surface area contributed by atoms with E-state index >= 15 is 0 Å². The molecule has 0 aliphatic heterocycles. The molecule has 0 aromatic carbocycles. The highest BCUT2D eigenvalue weighted by Crippen LogP contribution is 2.29. The van der Waals surface area contributed by atoms with Crippen LogP contribution in [0.25, 0.3) is 11.6 Å². The molecule has 0 saturated carbocycles. The third kappa shape index (κ3) is 2.21. The van der Waals surface area contributed by atoms with E-state index in [1.54, 1.807) is 0 Å². The van der Waals surface area contributed by atoms with Gasteiger partial charge < -0.3 is 4.52 Å². The number of aromatic nitrogens is 3. The molecular formula is C8H3BrF3N3O. The van der Waals surface area contributed by atoms with Crippen LogP contribution in [0, 0.1) is 0 Å². The van der Waals surface area contributed by atoms with Crippen LogP contribution in [0.4, 0.5) is 13.2 Å². The van der Waals surface area contributed by atoms with Crippen molar-refractivity contribution in [3.63, 3.8) is 0 Å². The van der Waals surface area contributed by atoms with Crippen molar-refractivity contribution in [2.75, 3.05) is 0 Å². The lowest BCUT2D eigenvalue weighted by Gasteiger charge is -2.04. The summed E-state index contributed by atoms with van der Waals surface area (Å²) in [5.74, 6) is 0.0561. The monoisotopic (exact) mass is 293 g/mol. The first-order valence-electron chi connectivity index (χ1n) is 3.99. The Hall–Kier alpha value is -1.44. The number of hydrogen-bond acceptors (Lipinski definition) is 4. The van der Waals surface area contributed by atoms with E-state index in [1.165, 1.54) is 6.07 Å². The molecular weight excluding hydrogens is 291 g/mol. The number of nitrogens with zero attached hydrogens (tertiary/aromatic N) is 3. The third-order valence-corrected chi connectivity index (χ3v) is 2.03. The fourth-order valence-corrected chi connectivity index (χ4v) is 1.23. The lowest BCUT2D eigenvalue weighted by Crippen LogP contribution is -2.05. The maximum Gasteiger partial charge on any atom is 0.417 e. The van der Waals surface area contributed by atoms with Crippen LogP contribution in [0.5, 0.6) is 0 Å². The molecule has 0 aliphatic carbocycles. The summed E-state index contributed by atoms with van der Waals surface area (Å²) in [5.41, 5.74) is -0.638. The molecule has 2 aromatic heterocycles. The van der Waals surface area contributed by atoms with Gasteiger partial charge in [-0.25, -0.2) is 0 Å². The summed E-state index contributed by atoms with van der Waals surface area (Å²) in [6, 6.07) is 2.07. The molecule has 0 spiro atoms. The van der Waals surface area contributed by atoms with Gasteiger partial charge in [0.15, 0.2) is 0 Å². The van der Waals surface area contributed by atoms with E-state index in [0.29, 0.717) is 6.20 Å². The number of rotatable bonds is 1. The van der Waals surface area contributed by atoms with Gasteiger partial charge in [0.05, 0.1) is 5.56 Å². The average molecular weight is 294 g/mol. The minimum Gasteiger partial charge on any atom is -0.331 e. The lowest BCUT2D eigenvalue weighted by atomic mass is 10.2. The predicted octanol–water partition coefficient (Wildman–Crippen LogP) is 2.91. The molecule has 2 rings (SSSR count). The van der Waals surface area contributed by atoms with Crippen molar-refractivity contribution in [2.45, 2.75) is 6.18 Å². The summed E-state index contributed by atoms with van der Waals surface area (Å²) in [6.45, 7) is 0. The summed E-state index contributed by atoms with van der Waals surface area (Å²) in [4.78, 5) is 7.36. The van der Waals surface area contributed by atoms with Gasteiger partial charge in [0.1, 0.15) is 5.69 Å². The second-order valence-electron chi connectivity index (χ2n) is 2.80. The van der Waals surface area contributed by atoms with Gasteiger partial charge in [0.2, 0.25) is 4.73 Å². The molecule has 0 atom stereocenters. The zero-order chi connectivity index (χ0) is 11.8. The second kappa shape index (κ2) is 3.85. The molecule has 16 heavy (non-hydrogen) atoms. The molecule has 0 bridgehead atoms. The Morgan fingerprint density at radius 2 is 2.00 bits per heavy atom. The van der Waals surface area contributed by atoms with Crippen molar-refractivity contribution < 1.29 is 17.7 Å². The molecule has 84 valence electrons. The van der Waals surface area contributed by atoms with Crippen LogP contribution in [0.2, 0.25) is 0 Å². The summed E-state index contributed by atoms with van der Waals surface area (Å²) in [7, 11) is 0. The third-order valence-electron chi connectivity index (χ3n) is 1.71. The largest absolute Gasteiger partial charge is 0.417 e. The topological polar surface area (TPSA) is 51.8 Å². The molecule has 4 nitrogen and oxygen atoms in total. The summed E-state index contributed by atoms with van der Waals surface area (Å²) in [6.07, 6.45) is -3.69. The minimum atomic E-state index is -4.40. The zero-order valence-electron chi connectivity index (χ0n) is 7.49. The van der Waals surface area contributed by atoms with Crippen LogP contribution in [0.1, 0.15) is 5.56 Å². The Bertz CT molecular complexity index is 494. The fraction of sp³-hybridized carbons (Fsp3) is 0.125. The molecule has 0 radical (unpaired) electrons. The fourth-order valence-electron chi connectivity index (χ4n) is 0.998. The van der Waals surface area contributed by atoms with E-state index in [2.05, 4.69) is 31.1 Å². The molecule has 0 aliphatic rings. The Morgan fingerprint density at radius 1 is 1.25 bits per heavy atom. The van der Waals surface area contributed by atoms with Crippen molar-refractivity contribution in [1.82, 2.24) is 15.1 Å². The Kier molecular flexibility index (Phi) is 2.66. The highest BCUT2D eigenvalue weighted by atomic mass is 79.9. The second-order valence-corrected chi connectivity index (χ2v) is 3.51. The molecule has 2 aromatic rings. The molecule has 0 N–H and O–H groups in total. The summed E-state index contributed by atoms with van der Waals surface area (Å²) < 4.78 is 41.6. The van der Waals surface area contributed by atoms with Crippen LogP contribution < -0.4 is 0 Å². The van der Waals surface area contributed by atoms with E-state index in [-0.39, 0.29) is 16.3 Å². The number of halogens is 4. The molecule has 8 heteroatoms. The van der Waals surface area contributed by atoms with Gasteiger partial charge in [-0.2, -0.15) is 18.2 Å². The van der Waals surface area contributed by atoms with Crippen molar-refractivity contribution in [2.24, 2.45) is 0 Å². The standard InChI is InChI=1S/C8H3BrF3N3O/c9-7-14-6(16-15-7)5-2-1-4(3-13-5)8(10,11)12/h1-3H. The first-order chi connectivity index (χ1) is 7.47. The molecule has 0 amide bonds. The van der Waals surface area contributed by atoms with Gasteiger partial charge >= 0.3 is 6.18 Å². The molecule has 0 unspecified atom stereocenters. The summed E-state index contributed by atoms with van der Waals surface area (Å²) >= 11 is 2.95. The SMILES string of the molecule is FC(F)(F)c1ccc(-c2nc(Br)no2)nc1. The van der Waals surface area contributed by atoms with Crippen molar-refractivity contribution >= 4 is 15.9 Å². The smallest absolute Gasteiger partial charge is 0.331 e. The van der Waals surface area contributed by atoms with Crippen molar-refractivity contribution in [3.05, 3.63) is 28.6 Å². The Balaban J connectivity index is 2.33. The van der Waals surface area contributed by atoms with Crippen LogP contribution >= 0.6 is 15.9 Å². The van der Waals surface area contributed by atoms with Gasteiger partial charge in [-0.1, -0.05) is 0 Å². The Morgan fingerprint density at radius 3 is 2.44 bits per heavy atom. The molecule has 0 fully saturated rings. The molecule has 0 saturated heterocycles. The van der Waals surface area contributed by atoms with Gasteiger partial charge in [-0.05, 0) is 33.2 Å². The van der Waals surface area contributed by atoms with E-state index in [4.69, 9.17) is 4.52 Å². The quantitative estimate of drug-likeness (QED) is 0.811. The first-order valence-corrected chi connectivity index (χ1v) is 4.79. The zero-order valence-corrected chi connectivity index (χ0v) is 9.08. The van der Waals surface area contributed by atoms with Crippen LogP contribution in [-0.4, -0.2) is 15.1 Å². The van der Waals surface area contributed by atoms with Gasteiger partial charge in [0.25, 0.3) is 5.89 Å². The van der Waals surface area contributed by atoms with Gasteiger partial charge in [0, 0.05) is 6.20 Å². The maximum absolute atomic E-state index is 12.2. The lowest BCUT2D eigenvalue weighted by molar-refractivity contribution is -0.137. The van der Waals surface area contributed by atoms with E-state index in [1.807, 2.05) is 0 Å². The van der Waals surface area contributed by atoms with Gasteiger partial charge in [-0.15, -0.1) is 0 Å². The van der Waals surface area contributed by atoms with Crippen molar-refractivity contribution in [1.29, 1.82) is 0 Å². The van der Waals surface area contributed by atoms with E-state index < -0.39 is 11.7 Å². The average Bonchev–Trinajstić information content (AvgIpc) is 2.64. The number of hydrogen-bond donors (Lipinski definition) is 0. The minimum absolute atomic E-state index is 0.0561. The Labute approximate surface area is 95.6 Å². The van der Waals surface area contributed by atoms with Crippen LogP contribution in [0.15, 0.2) is 27.6 Å².